The van der Waals surface area contributed by atoms with Crippen LogP contribution in [0.4, 0.5) is 5.69 Å². The van der Waals surface area contributed by atoms with Crippen LogP contribution in [-0.2, 0) is 16.4 Å². The first kappa shape index (κ1) is 21.9. The molecule has 9 heteroatoms. The van der Waals surface area contributed by atoms with Crippen LogP contribution in [0.15, 0.2) is 57.9 Å². The predicted octanol–water partition coefficient (Wildman–Crippen LogP) is 3.42. The summed E-state index contributed by atoms with van der Waals surface area (Å²) in [6.07, 6.45) is 0.646. The second-order valence-corrected chi connectivity index (χ2v) is 8.04. The van der Waals surface area contributed by atoms with Gasteiger partial charge in [0.1, 0.15) is 0 Å². The van der Waals surface area contributed by atoms with E-state index in [1.54, 1.807) is 24.3 Å². The lowest BCUT2D eigenvalue weighted by Gasteiger charge is -2.10. The molecule has 2 N–H and O–H groups in total. The zero-order valence-corrected chi connectivity index (χ0v) is 17.5. The fraction of sp³-hybridized carbons (Fsp3) is 0.263. The highest BCUT2D eigenvalue weighted by Gasteiger charge is 2.17. The minimum atomic E-state index is -3.67. The highest BCUT2D eigenvalue weighted by molar-refractivity contribution is 7.92. The molecule has 0 aliphatic rings. The van der Waals surface area contributed by atoms with Crippen molar-refractivity contribution in [1.82, 2.24) is 15.5 Å². The molecule has 0 bridgehead atoms. The Balaban J connectivity index is 0.00000280. The number of hydrogen-bond acceptors (Lipinski definition) is 6. The number of rotatable bonds is 7. The number of nitrogens with zero attached hydrogens (tertiary/aromatic N) is 2. The van der Waals surface area contributed by atoms with Crippen molar-refractivity contribution in [3.8, 4) is 11.5 Å². The molecule has 7 nitrogen and oxygen atoms in total. The van der Waals surface area contributed by atoms with Gasteiger partial charge in [-0.3, -0.25) is 4.72 Å². The average molecular weight is 423 g/mol. The summed E-state index contributed by atoms with van der Waals surface area (Å²) in [6.45, 7) is 3.88. The topological polar surface area (TPSA) is 97.1 Å². The highest BCUT2D eigenvalue weighted by atomic mass is 35.5. The Morgan fingerprint density at radius 2 is 1.79 bits per heavy atom. The zero-order chi connectivity index (χ0) is 19.4. The zero-order valence-electron chi connectivity index (χ0n) is 15.8. The SMILES string of the molecule is CNC(C)Cc1noc(-c2ccc(S(=O)(=O)Nc3ccccc3C)cc2)n1.Cl. The lowest BCUT2D eigenvalue weighted by Crippen LogP contribution is -2.24. The van der Waals surface area contributed by atoms with Crippen molar-refractivity contribution in [1.29, 1.82) is 0 Å². The first-order valence-electron chi connectivity index (χ1n) is 8.58. The van der Waals surface area contributed by atoms with Crippen molar-refractivity contribution < 1.29 is 12.9 Å². The molecule has 0 aliphatic carbocycles. The Morgan fingerprint density at radius 1 is 1.11 bits per heavy atom. The Kier molecular flexibility index (Phi) is 7.17. The van der Waals surface area contributed by atoms with Crippen LogP contribution in [0.5, 0.6) is 0 Å². The van der Waals surface area contributed by atoms with Crippen molar-refractivity contribution in [3.63, 3.8) is 0 Å². The maximum Gasteiger partial charge on any atom is 0.261 e. The number of anilines is 1. The number of halogens is 1. The van der Waals surface area contributed by atoms with E-state index < -0.39 is 10.0 Å². The van der Waals surface area contributed by atoms with Gasteiger partial charge in [-0.25, -0.2) is 8.42 Å². The van der Waals surface area contributed by atoms with E-state index >= 15 is 0 Å². The van der Waals surface area contributed by atoms with Crippen molar-refractivity contribution >= 4 is 28.1 Å². The maximum absolute atomic E-state index is 12.6. The Hall–Kier alpha value is -2.42. The van der Waals surface area contributed by atoms with Gasteiger partial charge in [0.15, 0.2) is 5.82 Å². The van der Waals surface area contributed by atoms with Gasteiger partial charge >= 0.3 is 0 Å². The van der Waals surface area contributed by atoms with Crippen molar-refractivity contribution in [2.45, 2.75) is 31.2 Å². The Labute approximate surface area is 171 Å². The number of sulfonamides is 1. The van der Waals surface area contributed by atoms with Gasteiger partial charge in [0.05, 0.1) is 10.6 Å². The number of hydrogen-bond donors (Lipinski definition) is 2. The normalized spacial score (nSPS) is 12.2. The Morgan fingerprint density at radius 3 is 2.43 bits per heavy atom. The summed E-state index contributed by atoms with van der Waals surface area (Å²) < 4.78 is 33.1. The predicted molar refractivity (Wildman–Crippen MR) is 111 cm³/mol. The van der Waals surface area contributed by atoms with Gasteiger partial charge in [-0.1, -0.05) is 23.4 Å². The number of likely N-dealkylation sites (N-methyl/N-ethyl adjacent to an activating group) is 1. The van der Waals surface area contributed by atoms with Crippen LogP contribution >= 0.6 is 12.4 Å². The summed E-state index contributed by atoms with van der Waals surface area (Å²) in [4.78, 5) is 4.52. The average Bonchev–Trinajstić information content (AvgIpc) is 3.12. The number of benzene rings is 2. The Bertz CT molecular complexity index is 1020. The van der Waals surface area contributed by atoms with Crippen LogP contribution in [0.1, 0.15) is 18.3 Å². The molecule has 1 unspecified atom stereocenters. The van der Waals surface area contributed by atoms with Gasteiger partial charge in [0, 0.05) is 18.0 Å². The molecule has 0 saturated heterocycles. The van der Waals surface area contributed by atoms with E-state index in [1.807, 2.05) is 33.0 Å². The smallest absolute Gasteiger partial charge is 0.261 e. The second kappa shape index (κ2) is 9.18. The molecule has 1 heterocycles. The van der Waals surface area contributed by atoms with Crippen LogP contribution in [0.25, 0.3) is 11.5 Å². The molecule has 3 aromatic rings. The highest BCUT2D eigenvalue weighted by Crippen LogP contribution is 2.23. The summed E-state index contributed by atoms with van der Waals surface area (Å²) in [5, 5.41) is 7.08. The minimum absolute atomic E-state index is 0. The lowest BCUT2D eigenvalue weighted by atomic mass is 10.2. The summed E-state index contributed by atoms with van der Waals surface area (Å²) in [5.74, 6) is 0.967. The molecule has 0 amide bonds. The summed E-state index contributed by atoms with van der Waals surface area (Å²) in [5.41, 5.74) is 2.08. The molecular formula is C19H23ClN4O3S. The molecule has 3 rings (SSSR count). The van der Waals surface area contributed by atoms with E-state index in [4.69, 9.17) is 4.52 Å². The quantitative estimate of drug-likeness (QED) is 0.605. The van der Waals surface area contributed by atoms with Gasteiger partial charge in [-0.2, -0.15) is 4.98 Å². The summed E-state index contributed by atoms with van der Waals surface area (Å²) in [6, 6.07) is 13.8. The standard InChI is InChI=1S/C19H22N4O3S.ClH/c1-13-6-4-5-7-17(13)23-27(24,25)16-10-8-15(9-11-16)19-21-18(22-26-19)12-14(2)20-3;/h4-11,14,20,23H,12H2,1-3H3;1H. The minimum Gasteiger partial charge on any atom is -0.334 e. The van der Waals surface area contributed by atoms with Crippen molar-refractivity contribution in [3.05, 3.63) is 59.9 Å². The fourth-order valence-electron chi connectivity index (χ4n) is 2.50. The molecular weight excluding hydrogens is 400 g/mol. The fourth-order valence-corrected chi connectivity index (χ4v) is 3.63. The van der Waals surface area contributed by atoms with Crippen LogP contribution in [0.2, 0.25) is 0 Å². The molecule has 0 radical (unpaired) electrons. The number of nitrogens with one attached hydrogen (secondary N) is 2. The molecule has 0 spiro atoms. The molecule has 0 aliphatic heterocycles. The van der Waals surface area contributed by atoms with Gasteiger partial charge < -0.3 is 9.84 Å². The molecule has 0 fully saturated rings. The van der Waals surface area contributed by atoms with E-state index in [0.717, 1.165) is 5.56 Å². The number of aromatic nitrogens is 2. The third-order valence-corrected chi connectivity index (χ3v) is 5.63. The number of aryl methyl sites for hydroxylation is 1. The van der Waals surface area contributed by atoms with E-state index in [1.165, 1.54) is 12.1 Å². The number of para-hydroxylation sites is 1. The van der Waals surface area contributed by atoms with Gasteiger partial charge in [-0.05, 0) is 56.8 Å². The van der Waals surface area contributed by atoms with E-state index in [2.05, 4.69) is 20.2 Å². The summed E-state index contributed by atoms with van der Waals surface area (Å²) in [7, 11) is -1.80. The molecule has 1 aromatic heterocycles. The third kappa shape index (κ3) is 5.09. The molecule has 1 atom stereocenters. The largest absolute Gasteiger partial charge is 0.334 e. The third-order valence-electron chi connectivity index (χ3n) is 4.25. The van der Waals surface area contributed by atoms with Gasteiger partial charge in [0.25, 0.3) is 15.9 Å². The first-order chi connectivity index (χ1) is 12.9. The second-order valence-electron chi connectivity index (χ2n) is 6.35. The van der Waals surface area contributed by atoms with Gasteiger partial charge in [-0.15, -0.1) is 12.4 Å². The van der Waals surface area contributed by atoms with E-state index in [0.29, 0.717) is 29.4 Å². The summed E-state index contributed by atoms with van der Waals surface area (Å²) >= 11 is 0. The van der Waals surface area contributed by atoms with Crippen LogP contribution in [0, 0.1) is 6.92 Å². The van der Waals surface area contributed by atoms with Crippen LogP contribution in [0.3, 0.4) is 0 Å². The van der Waals surface area contributed by atoms with Crippen LogP contribution in [-0.4, -0.2) is 31.6 Å². The molecule has 0 saturated carbocycles. The molecule has 2 aromatic carbocycles. The maximum atomic E-state index is 12.6. The lowest BCUT2D eigenvalue weighted by molar-refractivity contribution is 0.418. The monoisotopic (exact) mass is 422 g/mol. The van der Waals surface area contributed by atoms with E-state index in [-0.39, 0.29) is 23.3 Å². The molecule has 150 valence electrons. The van der Waals surface area contributed by atoms with Gasteiger partial charge in [0.2, 0.25) is 0 Å². The van der Waals surface area contributed by atoms with Crippen molar-refractivity contribution in [2.24, 2.45) is 0 Å². The van der Waals surface area contributed by atoms with E-state index in [9.17, 15) is 8.42 Å². The van der Waals surface area contributed by atoms with Crippen LogP contribution < -0.4 is 10.0 Å². The molecule has 28 heavy (non-hydrogen) atoms. The van der Waals surface area contributed by atoms with Crippen molar-refractivity contribution in [2.75, 3.05) is 11.8 Å². The first-order valence-corrected chi connectivity index (χ1v) is 10.1.